The Balaban J connectivity index is 2.60. The van der Waals surface area contributed by atoms with Gasteiger partial charge in [0, 0.05) is 18.4 Å². The summed E-state index contributed by atoms with van der Waals surface area (Å²) in [5.41, 5.74) is 1.96. The third kappa shape index (κ3) is 4.94. The Morgan fingerprint density at radius 3 is 2.12 bits per heavy atom. The summed E-state index contributed by atoms with van der Waals surface area (Å²) in [6.45, 7) is 5.86. The van der Waals surface area contributed by atoms with Gasteiger partial charge in [-0.1, -0.05) is 38.1 Å². The molecule has 0 atom stereocenters. The fourth-order valence-electron chi connectivity index (χ4n) is 1.73. The molecular formula is C15H20O2. The molecule has 1 aromatic rings. The van der Waals surface area contributed by atoms with Crippen molar-refractivity contribution >= 4 is 11.6 Å². The zero-order valence-electron chi connectivity index (χ0n) is 10.8. The number of benzene rings is 1. The van der Waals surface area contributed by atoms with E-state index in [0.29, 0.717) is 24.3 Å². The van der Waals surface area contributed by atoms with Gasteiger partial charge >= 0.3 is 0 Å². The monoisotopic (exact) mass is 232 g/mol. The lowest BCUT2D eigenvalue weighted by Crippen LogP contribution is -2.02. The van der Waals surface area contributed by atoms with Crippen LogP contribution in [0.2, 0.25) is 0 Å². The summed E-state index contributed by atoms with van der Waals surface area (Å²) in [4.78, 5) is 22.5. The molecule has 92 valence electrons. The number of rotatable bonds is 6. The Bertz CT molecular complexity index is 388. The van der Waals surface area contributed by atoms with Gasteiger partial charge in [0.05, 0.1) is 0 Å². The summed E-state index contributed by atoms with van der Waals surface area (Å²) in [5.74, 6) is 0.736. The molecule has 0 radical (unpaired) electrons. The van der Waals surface area contributed by atoms with Crippen molar-refractivity contribution in [3.05, 3.63) is 35.4 Å². The first-order chi connectivity index (χ1) is 7.99. The van der Waals surface area contributed by atoms with Gasteiger partial charge in [-0.2, -0.15) is 0 Å². The Hall–Kier alpha value is -1.44. The van der Waals surface area contributed by atoms with E-state index in [1.165, 1.54) is 12.5 Å². The molecule has 1 aromatic carbocycles. The van der Waals surface area contributed by atoms with Gasteiger partial charge in [-0.15, -0.1) is 0 Å². The first-order valence-electron chi connectivity index (χ1n) is 6.10. The van der Waals surface area contributed by atoms with Crippen LogP contribution in [0.25, 0.3) is 0 Å². The minimum Gasteiger partial charge on any atom is -0.300 e. The topological polar surface area (TPSA) is 34.1 Å². The molecule has 0 heterocycles. The maximum absolute atomic E-state index is 11.7. The van der Waals surface area contributed by atoms with E-state index in [-0.39, 0.29) is 11.6 Å². The Labute approximate surface area is 103 Å². The van der Waals surface area contributed by atoms with Crippen LogP contribution in [0.4, 0.5) is 0 Å². The van der Waals surface area contributed by atoms with Gasteiger partial charge in [-0.25, -0.2) is 0 Å². The van der Waals surface area contributed by atoms with Crippen LogP contribution in [0.15, 0.2) is 24.3 Å². The van der Waals surface area contributed by atoms with Crippen molar-refractivity contribution in [1.29, 1.82) is 0 Å². The molecule has 0 aliphatic carbocycles. The first-order valence-corrected chi connectivity index (χ1v) is 6.10. The van der Waals surface area contributed by atoms with Crippen LogP contribution in [-0.4, -0.2) is 11.6 Å². The highest BCUT2D eigenvalue weighted by Crippen LogP contribution is 2.11. The van der Waals surface area contributed by atoms with Crippen LogP contribution < -0.4 is 0 Å². The van der Waals surface area contributed by atoms with E-state index >= 15 is 0 Å². The second kappa shape index (κ2) is 6.33. The summed E-state index contributed by atoms with van der Waals surface area (Å²) >= 11 is 0. The zero-order valence-corrected chi connectivity index (χ0v) is 10.8. The third-order valence-corrected chi connectivity index (χ3v) is 2.62. The molecule has 0 amide bonds. The van der Waals surface area contributed by atoms with Gasteiger partial charge in [-0.05, 0) is 24.8 Å². The fraction of sp³-hybridized carbons (Fsp3) is 0.467. The standard InChI is InChI=1S/C15H20O2/c1-11(2)10-13-5-7-14(8-6-13)15(17)9-4-12(3)16/h5-8,11H,4,9-10H2,1-3H3. The van der Waals surface area contributed by atoms with Crippen molar-refractivity contribution in [2.45, 2.75) is 40.0 Å². The summed E-state index contributed by atoms with van der Waals surface area (Å²) < 4.78 is 0. The number of carbonyl (C=O) groups is 2. The smallest absolute Gasteiger partial charge is 0.163 e. The van der Waals surface area contributed by atoms with Crippen LogP contribution in [0.1, 0.15) is 49.5 Å². The number of hydrogen-bond acceptors (Lipinski definition) is 2. The van der Waals surface area contributed by atoms with Crippen LogP contribution in [0.3, 0.4) is 0 Å². The molecule has 1 rings (SSSR count). The average Bonchev–Trinajstić information content (AvgIpc) is 2.26. The van der Waals surface area contributed by atoms with E-state index in [0.717, 1.165) is 6.42 Å². The first kappa shape index (κ1) is 13.6. The number of Topliss-reactive ketones (excluding diaryl/α,β-unsaturated/α-hetero) is 2. The van der Waals surface area contributed by atoms with E-state index in [1.54, 1.807) is 0 Å². The molecule has 0 aliphatic heterocycles. The highest BCUT2D eigenvalue weighted by molar-refractivity contribution is 5.97. The maximum Gasteiger partial charge on any atom is 0.163 e. The molecule has 0 fully saturated rings. The molecule has 0 saturated carbocycles. The van der Waals surface area contributed by atoms with E-state index in [1.807, 2.05) is 24.3 Å². The van der Waals surface area contributed by atoms with Gasteiger partial charge in [0.1, 0.15) is 5.78 Å². The number of hydrogen-bond donors (Lipinski definition) is 0. The minimum atomic E-state index is 0.0521. The number of carbonyl (C=O) groups excluding carboxylic acids is 2. The summed E-state index contributed by atoms with van der Waals surface area (Å²) in [7, 11) is 0. The van der Waals surface area contributed by atoms with Crippen molar-refractivity contribution < 1.29 is 9.59 Å². The lowest BCUT2D eigenvalue weighted by molar-refractivity contribution is -0.116. The maximum atomic E-state index is 11.7. The molecule has 17 heavy (non-hydrogen) atoms. The van der Waals surface area contributed by atoms with E-state index < -0.39 is 0 Å². The molecular weight excluding hydrogens is 212 g/mol. The van der Waals surface area contributed by atoms with E-state index in [2.05, 4.69) is 13.8 Å². The number of ketones is 2. The second-order valence-corrected chi connectivity index (χ2v) is 4.92. The SMILES string of the molecule is CC(=O)CCC(=O)c1ccc(CC(C)C)cc1. The van der Waals surface area contributed by atoms with Crippen molar-refractivity contribution in [3.8, 4) is 0 Å². The largest absolute Gasteiger partial charge is 0.300 e. The molecule has 0 spiro atoms. The van der Waals surface area contributed by atoms with Gasteiger partial charge in [0.15, 0.2) is 5.78 Å². The predicted octanol–water partition coefficient (Wildman–Crippen LogP) is 3.44. The highest BCUT2D eigenvalue weighted by atomic mass is 16.1. The third-order valence-electron chi connectivity index (χ3n) is 2.62. The molecule has 2 nitrogen and oxygen atoms in total. The Morgan fingerprint density at radius 1 is 1.06 bits per heavy atom. The lowest BCUT2D eigenvalue weighted by atomic mass is 9.99. The Kier molecular flexibility index (Phi) is 5.08. The molecule has 0 unspecified atom stereocenters. The summed E-state index contributed by atoms with van der Waals surface area (Å²) in [5, 5.41) is 0. The van der Waals surface area contributed by atoms with E-state index in [9.17, 15) is 9.59 Å². The molecule has 0 N–H and O–H groups in total. The van der Waals surface area contributed by atoms with Crippen molar-refractivity contribution in [1.82, 2.24) is 0 Å². The molecule has 0 saturated heterocycles. The zero-order chi connectivity index (χ0) is 12.8. The fourth-order valence-corrected chi connectivity index (χ4v) is 1.73. The van der Waals surface area contributed by atoms with Gasteiger partial charge in [0.25, 0.3) is 0 Å². The lowest BCUT2D eigenvalue weighted by Gasteiger charge is -2.05. The van der Waals surface area contributed by atoms with Crippen molar-refractivity contribution in [2.24, 2.45) is 5.92 Å². The molecule has 0 bridgehead atoms. The summed E-state index contributed by atoms with van der Waals surface area (Å²) in [6, 6.07) is 7.72. The van der Waals surface area contributed by atoms with Gasteiger partial charge in [-0.3, -0.25) is 4.79 Å². The van der Waals surface area contributed by atoms with Gasteiger partial charge < -0.3 is 4.79 Å². The van der Waals surface area contributed by atoms with Crippen LogP contribution in [0.5, 0.6) is 0 Å². The van der Waals surface area contributed by atoms with Crippen LogP contribution in [0, 0.1) is 5.92 Å². The Morgan fingerprint density at radius 2 is 1.65 bits per heavy atom. The summed E-state index contributed by atoms with van der Waals surface area (Å²) in [6.07, 6.45) is 1.69. The average molecular weight is 232 g/mol. The molecule has 2 heteroatoms. The predicted molar refractivity (Wildman–Crippen MR) is 69.2 cm³/mol. The normalized spacial score (nSPS) is 10.6. The molecule has 0 aliphatic rings. The highest BCUT2D eigenvalue weighted by Gasteiger charge is 2.07. The second-order valence-electron chi connectivity index (χ2n) is 4.92. The molecule has 0 aromatic heterocycles. The quantitative estimate of drug-likeness (QED) is 0.704. The van der Waals surface area contributed by atoms with Crippen LogP contribution in [-0.2, 0) is 11.2 Å². The van der Waals surface area contributed by atoms with Gasteiger partial charge in [0.2, 0.25) is 0 Å². The van der Waals surface area contributed by atoms with Crippen LogP contribution >= 0.6 is 0 Å². The minimum absolute atomic E-state index is 0.0521. The van der Waals surface area contributed by atoms with E-state index in [4.69, 9.17) is 0 Å². The van der Waals surface area contributed by atoms with Crippen molar-refractivity contribution in [2.75, 3.05) is 0 Å². The van der Waals surface area contributed by atoms with Crippen molar-refractivity contribution in [3.63, 3.8) is 0 Å².